The molecule has 0 bridgehead atoms. The van der Waals surface area contributed by atoms with Gasteiger partial charge in [0, 0.05) is 5.70 Å². The molecule has 0 fully saturated rings. The topological polar surface area (TPSA) is 89.3 Å². The van der Waals surface area contributed by atoms with E-state index in [2.05, 4.69) is 15.5 Å². The van der Waals surface area contributed by atoms with Crippen molar-refractivity contribution in [1.82, 2.24) is 5.32 Å². The van der Waals surface area contributed by atoms with Gasteiger partial charge in [-0.1, -0.05) is 0 Å². The van der Waals surface area contributed by atoms with Gasteiger partial charge < -0.3 is 14.8 Å². The van der Waals surface area contributed by atoms with Crippen molar-refractivity contribution < 1.29 is 19.1 Å². The lowest BCUT2D eigenvalue weighted by Gasteiger charge is -2.06. The summed E-state index contributed by atoms with van der Waals surface area (Å²) >= 11 is 0. The fraction of sp³-hybridized carbons (Fsp3) is 0.333. The summed E-state index contributed by atoms with van der Waals surface area (Å²) in [6.07, 6.45) is 0. The van der Waals surface area contributed by atoms with Gasteiger partial charge in [0.25, 0.3) is 5.91 Å². The summed E-state index contributed by atoms with van der Waals surface area (Å²) in [7, 11) is 1.57. The second-order valence-corrected chi connectivity index (χ2v) is 4.56. The van der Waals surface area contributed by atoms with E-state index in [1.165, 1.54) is 0 Å². The predicted molar refractivity (Wildman–Crippen MR) is 78.8 cm³/mol. The molecule has 1 atom stereocenters. The molecule has 1 heterocycles. The maximum absolute atomic E-state index is 11.9. The van der Waals surface area contributed by atoms with Crippen molar-refractivity contribution in [3.8, 4) is 5.75 Å². The number of nitrogens with one attached hydrogen (secondary N) is 1. The van der Waals surface area contributed by atoms with Gasteiger partial charge in [-0.3, -0.25) is 4.79 Å². The van der Waals surface area contributed by atoms with Crippen LogP contribution in [0, 0.1) is 0 Å². The van der Waals surface area contributed by atoms with E-state index in [9.17, 15) is 9.59 Å². The fourth-order valence-corrected chi connectivity index (χ4v) is 2.01. The van der Waals surface area contributed by atoms with E-state index in [1.54, 1.807) is 45.2 Å². The summed E-state index contributed by atoms with van der Waals surface area (Å²) in [5.74, 6) is -0.254. The van der Waals surface area contributed by atoms with Gasteiger partial charge in [0.15, 0.2) is 6.04 Å². The van der Waals surface area contributed by atoms with E-state index < -0.39 is 17.9 Å². The zero-order chi connectivity index (χ0) is 16.1. The van der Waals surface area contributed by atoms with Crippen LogP contribution in [-0.4, -0.2) is 31.6 Å². The van der Waals surface area contributed by atoms with Crippen LogP contribution in [0.15, 0.2) is 45.8 Å². The second kappa shape index (κ2) is 6.84. The molecule has 1 amide bonds. The second-order valence-electron chi connectivity index (χ2n) is 4.56. The number of carbonyl (C=O) groups is 2. The molecule has 22 heavy (non-hydrogen) atoms. The fourth-order valence-electron chi connectivity index (χ4n) is 2.01. The smallest absolute Gasteiger partial charge is 0.338 e. The van der Waals surface area contributed by atoms with Crippen molar-refractivity contribution in [3.05, 3.63) is 35.5 Å². The van der Waals surface area contributed by atoms with Gasteiger partial charge in [0.2, 0.25) is 0 Å². The van der Waals surface area contributed by atoms with Crippen LogP contribution in [0.5, 0.6) is 5.75 Å². The Bertz CT molecular complexity index is 635. The summed E-state index contributed by atoms with van der Waals surface area (Å²) in [5, 5.41) is 10.6. The number of amides is 1. The molecule has 0 spiro atoms. The highest BCUT2D eigenvalue weighted by molar-refractivity contribution is 6.04. The van der Waals surface area contributed by atoms with Crippen LogP contribution >= 0.6 is 0 Å². The van der Waals surface area contributed by atoms with Gasteiger partial charge >= 0.3 is 5.97 Å². The molecule has 1 aliphatic rings. The third-order valence-electron chi connectivity index (χ3n) is 3.09. The van der Waals surface area contributed by atoms with Gasteiger partial charge in [-0.2, -0.15) is 10.2 Å². The number of hydrogen-bond acceptors (Lipinski definition) is 6. The number of nitrogens with zero attached hydrogens (tertiary/aromatic N) is 2. The highest BCUT2D eigenvalue weighted by Gasteiger charge is 2.36. The normalized spacial score (nSPS) is 17.8. The zero-order valence-corrected chi connectivity index (χ0v) is 12.6. The van der Waals surface area contributed by atoms with E-state index in [0.717, 1.165) is 0 Å². The third-order valence-corrected chi connectivity index (χ3v) is 3.09. The minimum Gasteiger partial charge on any atom is -0.497 e. The van der Waals surface area contributed by atoms with Crippen molar-refractivity contribution >= 4 is 17.6 Å². The maximum atomic E-state index is 11.9. The molecule has 1 unspecified atom stereocenters. The number of esters is 1. The Morgan fingerprint density at radius 3 is 2.59 bits per heavy atom. The quantitative estimate of drug-likeness (QED) is 0.666. The molecule has 0 saturated heterocycles. The molecule has 7 heteroatoms. The van der Waals surface area contributed by atoms with E-state index in [-0.39, 0.29) is 12.2 Å². The van der Waals surface area contributed by atoms with E-state index in [1.807, 2.05) is 0 Å². The van der Waals surface area contributed by atoms with Crippen LogP contribution in [0.3, 0.4) is 0 Å². The molecule has 0 radical (unpaired) electrons. The summed E-state index contributed by atoms with van der Waals surface area (Å²) in [6.45, 7) is 3.56. The van der Waals surface area contributed by atoms with Crippen molar-refractivity contribution in [2.24, 2.45) is 10.2 Å². The average molecular weight is 303 g/mol. The Morgan fingerprint density at radius 2 is 2.00 bits per heavy atom. The monoisotopic (exact) mass is 303 g/mol. The Morgan fingerprint density at radius 1 is 1.32 bits per heavy atom. The Hall–Kier alpha value is -2.70. The molecular weight excluding hydrogens is 286 g/mol. The van der Waals surface area contributed by atoms with Crippen molar-refractivity contribution in [2.75, 3.05) is 13.7 Å². The number of benzene rings is 1. The van der Waals surface area contributed by atoms with Crippen LogP contribution < -0.4 is 10.1 Å². The molecule has 2 rings (SSSR count). The van der Waals surface area contributed by atoms with E-state index in [4.69, 9.17) is 9.47 Å². The number of rotatable bonds is 5. The van der Waals surface area contributed by atoms with Crippen LogP contribution in [0.2, 0.25) is 0 Å². The van der Waals surface area contributed by atoms with E-state index in [0.29, 0.717) is 17.1 Å². The first-order chi connectivity index (χ1) is 10.6. The molecule has 1 N–H and O–H groups in total. The average Bonchev–Trinajstić information content (AvgIpc) is 2.79. The van der Waals surface area contributed by atoms with Gasteiger partial charge in [0.05, 0.1) is 25.0 Å². The SMILES string of the molecule is CCOC(=O)C1=C(C)NC(=O)C1N=Nc1ccc(OC)cc1. The largest absolute Gasteiger partial charge is 0.497 e. The number of hydrogen-bond donors (Lipinski definition) is 1. The molecule has 1 aliphatic heterocycles. The molecule has 0 saturated carbocycles. The molecule has 0 aromatic heterocycles. The highest BCUT2D eigenvalue weighted by atomic mass is 16.5. The summed E-state index contributed by atoms with van der Waals surface area (Å²) < 4.78 is 10.00. The molecular formula is C15H17N3O4. The minimum atomic E-state index is -0.985. The zero-order valence-electron chi connectivity index (χ0n) is 12.6. The number of carbonyl (C=O) groups excluding carboxylic acids is 2. The standard InChI is InChI=1S/C15H17N3O4/c1-4-22-15(20)12-9(2)16-14(19)13(12)18-17-10-5-7-11(21-3)8-6-10/h5-8,13H,4H2,1-3H3,(H,16,19). The van der Waals surface area contributed by atoms with Crippen molar-refractivity contribution in [2.45, 2.75) is 19.9 Å². The lowest BCUT2D eigenvalue weighted by atomic mass is 10.1. The molecule has 1 aromatic rings. The molecule has 7 nitrogen and oxygen atoms in total. The van der Waals surface area contributed by atoms with Crippen LogP contribution in [-0.2, 0) is 14.3 Å². The number of azo groups is 1. The van der Waals surface area contributed by atoms with Gasteiger partial charge in [0.1, 0.15) is 5.75 Å². The van der Waals surface area contributed by atoms with Gasteiger partial charge in [-0.05, 0) is 38.1 Å². The minimum absolute atomic E-state index is 0.198. The van der Waals surface area contributed by atoms with Crippen molar-refractivity contribution in [1.29, 1.82) is 0 Å². The van der Waals surface area contributed by atoms with Crippen molar-refractivity contribution in [3.63, 3.8) is 0 Å². The summed E-state index contributed by atoms with van der Waals surface area (Å²) in [5.41, 5.74) is 1.20. The number of allylic oxidation sites excluding steroid dienone is 1. The first kappa shape index (κ1) is 15.7. The number of ether oxygens (including phenoxy) is 2. The van der Waals surface area contributed by atoms with Crippen LogP contribution in [0.25, 0.3) is 0 Å². The first-order valence-electron chi connectivity index (χ1n) is 6.80. The van der Waals surface area contributed by atoms with Crippen LogP contribution in [0.4, 0.5) is 5.69 Å². The lowest BCUT2D eigenvalue weighted by molar-refractivity contribution is -0.139. The lowest BCUT2D eigenvalue weighted by Crippen LogP contribution is -2.26. The van der Waals surface area contributed by atoms with Gasteiger partial charge in [-0.25, -0.2) is 4.79 Å². The van der Waals surface area contributed by atoms with E-state index >= 15 is 0 Å². The summed E-state index contributed by atoms with van der Waals surface area (Å²) in [4.78, 5) is 23.8. The molecule has 116 valence electrons. The Balaban J connectivity index is 2.20. The van der Waals surface area contributed by atoms with Gasteiger partial charge in [-0.15, -0.1) is 0 Å². The molecule has 1 aromatic carbocycles. The van der Waals surface area contributed by atoms with Crippen LogP contribution in [0.1, 0.15) is 13.8 Å². The predicted octanol–water partition coefficient (Wildman–Crippen LogP) is 2.11. The molecule has 0 aliphatic carbocycles. The Labute approximate surface area is 128 Å². The highest BCUT2D eigenvalue weighted by Crippen LogP contribution is 2.23. The number of methoxy groups -OCH3 is 1. The third kappa shape index (κ3) is 3.30. The maximum Gasteiger partial charge on any atom is 0.338 e. The summed E-state index contributed by atoms with van der Waals surface area (Å²) in [6, 6.07) is 5.89. The Kier molecular flexibility index (Phi) is 4.88. The first-order valence-corrected chi connectivity index (χ1v) is 6.80.